The third-order valence-electron chi connectivity index (χ3n) is 3.73. The quantitative estimate of drug-likeness (QED) is 0.575. The van der Waals surface area contributed by atoms with Crippen LogP contribution in [-0.2, 0) is 0 Å². The van der Waals surface area contributed by atoms with Gasteiger partial charge in [-0.25, -0.2) is 0 Å². The van der Waals surface area contributed by atoms with Crippen LogP contribution in [0.3, 0.4) is 0 Å². The lowest BCUT2D eigenvalue weighted by Gasteiger charge is -2.14. The summed E-state index contributed by atoms with van der Waals surface area (Å²) in [5.41, 5.74) is 3.42. The maximum absolute atomic E-state index is 10.7. The van der Waals surface area contributed by atoms with Crippen molar-refractivity contribution in [2.24, 2.45) is 0 Å². The fourth-order valence-electron chi connectivity index (χ4n) is 2.51. The summed E-state index contributed by atoms with van der Waals surface area (Å²) in [5.74, 6) is 0. The Hall–Kier alpha value is -1.39. The highest BCUT2D eigenvalue weighted by Crippen LogP contribution is 2.36. The molecule has 2 N–H and O–H groups in total. The topological polar surface area (TPSA) is 36.0 Å². The number of aliphatic hydroxyl groups is 1. The molecule has 2 aromatic carbocycles. The van der Waals surface area contributed by atoms with Gasteiger partial charge in [-0.3, -0.25) is 0 Å². The van der Waals surface area contributed by atoms with Crippen LogP contribution < -0.4 is 0 Å². The van der Waals surface area contributed by atoms with Gasteiger partial charge in [-0.05, 0) is 36.1 Å². The molecule has 0 spiro atoms. The minimum Gasteiger partial charge on any atom is -0.384 e. The standard InChI is InChI=1S/C18H15Cl2NOS/c1-23-13-5-2-11(3-6-13)15-9-21-10-16(15)18(22)14-7-4-12(19)8-17(14)20/h2-10,18,21-22H,1H3. The fraction of sp³-hybridized carbons (Fsp3) is 0.111. The SMILES string of the molecule is CSc1ccc(-c2c[nH]cc2C(O)c2ccc(Cl)cc2Cl)cc1. The van der Waals surface area contributed by atoms with Gasteiger partial charge in [-0.1, -0.05) is 41.4 Å². The van der Waals surface area contributed by atoms with Crippen molar-refractivity contribution in [3.63, 3.8) is 0 Å². The van der Waals surface area contributed by atoms with Crippen molar-refractivity contribution in [3.05, 3.63) is 76.0 Å². The predicted octanol–water partition coefficient (Wildman–Crippen LogP) is 5.79. The first-order valence-electron chi connectivity index (χ1n) is 7.04. The third kappa shape index (κ3) is 3.43. The summed E-state index contributed by atoms with van der Waals surface area (Å²) in [7, 11) is 0. The Morgan fingerprint density at radius 1 is 1.00 bits per heavy atom. The van der Waals surface area contributed by atoms with Gasteiger partial charge >= 0.3 is 0 Å². The average Bonchev–Trinajstić information content (AvgIpc) is 3.04. The lowest BCUT2D eigenvalue weighted by atomic mass is 9.97. The van der Waals surface area contributed by atoms with Crippen LogP contribution in [0.4, 0.5) is 0 Å². The molecule has 0 aliphatic heterocycles. The summed E-state index contributed by atoms with van der Waals surface area (Å²) in [6, 6.07) is 13.4. The molecule has 3 rings (SSSR count). The molecule has 1 aromatic heterocycles. The molecule has 3 aromatic rings. The zero-order valence-corrected chi connectivity index (χ0v) is 14.7. The summed E-state index contributed by atoms with van der Waals surface area (Å²) in [6.45, 7) is 0. The Labute approximate surface area is 149 Å². The molecule has 118 valence electrons. The summed E-state index contributed by atoms with van der Waals surface area (Å²) in [4.78, 5) is 4.27. The molecule has 0 fully saturated rings. The van der Waals surface area contributed by atoms with Gasteiger partial charge < -0.3 is 10.1 Å². The summed E-state index contributed by atoms with van der Waals surface area (Å²) in [5, 5.41) is 11.7. The Kier molecular flexibility index (Phi) is 5.02. The van der Waals surface area contributed by atoms with E-state index in [0.29, 0.717) is 15.6 Å². The molecule has 0 saturated carbocycles. The maximum atomic E-state index is 10.7. The number of aliphatic hydroxyl groups excluding tert-OH is 1. The van der Waals surface area contributed by atoms with Crippen LogP contribution in [0, 0.1) is 0 Å². The molecule has 0 amide bonds. The molecule has 1 heterocycles. The Balaban J connectivity index is 1.99. The van der Waals surface area contributed by atoms with E-state index in [9.17, 15) is 5.11 Å². The van der Waals surface area contributed by atoms with E-state index >= 15 is 0 Å². The number of benzene rings is 2. The number of nitrogens with one attached hydrogen (secondary N) is 1. The maximum Gasteiger partial charge on any atom is 0.108 e. The molecular formula is C18H15Cl2NOS. The Bertz CT molecular complexity index is 814. The molecule has 0 bridgehead atoms. The molecule has 0 aliphatic rings. The second kappa shape index (κ2) is 7.02. The van der Waals surface area contributed by atoms with Crippen molar-refractivity contribution in [2.75, 3.05) is 6.26 Å². The molecule has 0 aliphatic carbocycles. The van der Waals surface area contributed by atoms with Gasteiger partial charge in [-0.15, -0.1) is 11.8 Å². The van der Waals surface area contributed by atoms with Crippen LogP contribution in [0.5, 0.6) is 0 Å². The Morgan fingerprint density at radius 2 is 1.74 bits per heavy atom. The molecule has 1 atom stereocenters. The lowest BCUT2D eigenvalue weighted by Crippen LogP contribution is -2.01. The van der Waals surface area contributed by atoms with Crippen LogP contribution in [-0.4, -0.2) is 16.3 Å². The van der Waals surface area contributed by atoms with E-state index in [0.717, 1.165) is 16.7 Å². The van der Waals surface area contributed by atoms with Gasteiger partial charge in [0.15, 0.2) is 0 Å². The van der Waals surface area contributed by atoms with Crippen molar-refractivity contribution in [1.82, 2.24) is 4.98 Å². The summed E-state index contributed by atoms with van der Waals surface area (Å²) < 4.78 is 0. The predicted molar refractivity (Wildman–Crippen MR) is 98.5 cm³/mol. The van der Waals surface area contributed by atoms with Crippen molar-refractivity contribution < 1.29 is 5.11 Å². The largest absolute Gasteiger partial charge is 0.384 e. The van der Waals surface area contributed by atoms with Crippen molar-refractivity contribution in [2.45, 2.75) is 11.0 Å². The van der Waals surface area contributed by atoms with Gasteiger partial charge in [0.1, 0.15) is 6.10 Å². The minimum atomic E-state index is -0.818. The smallest absolute Gasteiger partial charge is 0.108 e. The number of hydrogen-bond acceptors (Lipinski definition) is 2. The minimum absolute atomic E-state index is 0.454. The van der Waals surface area contributed by atoms with E-state index in [1.807, 2.05) is 12.5 Å². The van der Waals surface area contributed by atoms with E-state index in [4.69, 9.17) is 23.2 Å². The Morgan fingerprint density at radius 3 is 2.39 bits per heavy atom. The first kappa shape index (κ1) is 16.5. The van der Waals surface area contributed by atoms with Crippen molar-refractivity contribution in [3.8, 4) is 11.1 Å². The highest BCUT2D eigenvalue weighted by atomic mass is 35.5. The fourth-order valence-corrected chi connectivity index (χ4v) is 3.43. The van der Waals surface area contributed by atoms with Gasteiger partial charge in [0, 0.05) is 44.0 Å². The van der Waals surface area contributed by atoms with Crippen LogP contribution in [0.1, 0.15) is 17.2 Å². The summed E-state index contributed by atoms with van der Waals surface area (Å²) >= 11 is 13.8. The molecule has 5 heteroatoms. The molecular weight excluding hydrogens is 349 g/mol. The molecule has 0 saturated heterocycles. The van der Waals surface area contributed by atoms with E-state index in [-0.39, 0.29) is 0 Å². The monoisotopic (exact) mass is 363 g/mol. The van der Waals surface area contributed by atoms with E-state index in [2.05, 4.69) is 29.2 Å². The van der Waals surface area contributed by atoms with E-state index < -0.39 is 6.10 Å². The highest BCUT2D eigenvalue weighted by molar-refractivity contribution is 7.98. The molecule has 2 nitrogen and oxygen atoms in total. The van der Waals surface area contributed by atoms with Crippen LogP contribution in [0.15, 0.2) is 59.8 Å². The van der Waals surface area contributed by atoms with Crippen molar-refractivity contribution >= 4 is 35.0 Å². The third-order valence-corrected chi connectivity index (χ3v) is 5.04. The molecule has 0 radical (unpaired) electrons. The number of halogens is 2. The van der Waals surface area contributed by atoms with Crippen LogP contribution >= 0.6 is 35.0 Å². The van der Waals surface area contributed by atoms with Gasteiger partial charge in [0.25, 0.3) is 0 Å². The van der Waals surface area contributed by atoms with E-state index in [1.165, 1.54) is 4.90 Å². The number of aromatic nitrogens is 1. The zero-order chi connectivity index (χ0) is 16.4. The summed E-state index contributed by atoms with van der Waals surface area (Å²) in [6.07, 6.45) is 4.91. The lowest BCUT2D eigenvalue weighted by molar-refractivity contribution is 0.221. The first-order chi connectivity index (χ1) is 11.1. The number of H-pyrrole nitrogens is 1. The normalized spacial score (nSPS) is 12.3. The second-order valence-corrected chi connectivity index (χ2v) is 6.84. The van der Waals surface area contributed by atoms with Crippen LogP contribution in [0.25, 0.3) is 11.1 Å². The number of hydrogen-bond donors (Lipinski definition) is 2. The highest BCUT2D eigenvalue weighted by Gasteiger charge is 2.19. The van der Waals surface area contributed by atoms with Crippen LogP contribution in [0.2, 0.25) is 10.0 Å². The second-order valence-electron chi connectivity index (χ2n) is 5.12. The molecule has 23 heavy (non-hydrogen) atoms. The number of rotatable bonds is 4. The van der Waals surface area contributed by atoms with E-state index in [1.54, 1.807) is 36.2 Å². The zero-order valence-electron chi connectivity index (χ0n) is 12.4. The number of aromatic amines is 1. The van der Waals surface area contributed by atoms with Gasteiger partial charge in [-0.2, -0.15) is 0 Å². The molecule has 1 unspecified atom stereocenters. The van der Waals surface area contributed by atoms with Gasteiger partial charge in [0.05, 0.1) is 0 Å². The van der Waals surface area contributed by atoms with Crippen molar-refractivity contribution in [1.29, 1.82) is 0 Å². The first-order valence-corrected chi connectivity index (χ1v) is 9.02. The number of thioether (sulfide) groups is 1. The average molecular weight is 364 g/mol. The van der Waals surface area contributed by atoms with Gasteiger partial charge in [0.2, 0.25) is 0 Å².